The van der Waals surface area contributed by atoms with Crippen LogP contribution in [0.2, 0.25) is 0 Å². The number of esters is 1. The normalized spacial score (nSPS) is 11.4. The largest absolute Gasteiger partial charge is 0.465 e. The Hall–Kier alpha value is -0.550. The lowest BCUT2D eigenvalue weighted by Gasteiger charge is -2.21. The van der Waals surface area contributed by atoms with Crippen molar-refractivity contribution in [2.24, 2.45) is 0 Å². The summed E-state index contributed by atoms with van der Waals surface area (Å²) in [5.74, 6) is -0.589. The van der Waals surface area contributed by atoms with Crippen molar-refractivity contribution >= 4 is 33.7 Å². The van der Waals surface area contributed by atoms with Crippen molar-refractivity contribution in [3.8, 4) is 0 Å². The fourth-order valence-corrected chi connectivity index (χ4v) is 2.76. The molecule has 0 spiro atoms. The van der Waals surface area contributed by atoms with Crippen LogP contribution in [0.1, 0.15) is 20.8 Å². The number of hydrogen-bond acceptors (Lipinski definition) is 3. The van der Waals surface area contributed by atoms with Crippen LogP contribution in [-0.2, 0) is 9.53 Å². The highest BCUT2D eigenvalue weighted by atomic mass is 79.9. The molecule has 0 radical (unpaired) electrons. The monoisotopic (exact) mass is 320 g/mol. The maximum absolute atomic E-state index is 13.1. The van der Waals surface area contributed by atoms with Gasteiger partial charge in [0.2, 0.25) is 0 Å². The molecule has 0 saturated heterocycles. The summed E-state index contributed by atoms with van der Waals surface area (Å²) in [6.07, 6.45) is 0. The highest BCUT2D eigenvalue weighted by molar-refractivity contribution is 9.10. The molecule has 0 heterocycles. The van der Waals surface area contributed by atoms with Gasteiger partial charge < -0.3 is 4.74 Å². The van der Waals surface area contributed by atoms with Crippen LogP contribution in [0, 0.1) is 5.82 Å². The summed E-state index contributed by atoms with van der Waals surface area (Å²) in [5, 5.41) is 0. The molecule has 5 heteroatoms. The number of benzene rings is 1. The molecule has 0 N–H and O–H groups in total. The van der Waals surface area contributed by atoms with Crippen molar-refractivity contribution in [1.29, 1.82) is 0 Å². The lowest BCUT2D eigenvalue weighted by atomic mass is 10.2. The number of carbonyl (C=O) groups is 1. The van der Waals surface area contributed by atoms with Crippen molar-refractivity contribution in [3.05, 3.63) is 28.5 Å². The maximum atomic E-state index is 13.1. The Morgan fingerprint density at radius 1 is 1.53 bits per heavy atom. The van der Waals surface area contributed by atoms with E-state index < -0.39 is 4.75 Å². The number of carbonyl (C=O) groups excluding carboxylic acids is 1. The average molecular weight is 321 g/mol. The summed E-state index contributed by atoms with van der Waals surface area (Å²) in [5.41, 5.74) is 0. The molecule has 94 valence electrons. The third-order valence-electron chi connectivity index (χ3n) is 2.03. The van der Waals surface area contributed by atoms with E-state index >= 15 is 0 Å². The van der Waals surface area contributed by atoms with Gasteiger partial charge in [0.1, 0.15) is 10.6 Å². The van der Waals surface area contributed by atoms with E-state index in [1.165, 1.54) is 17.8 Å². The van der Waals surface area contributed by atoms with Gasteiger partial charge in [0.25, 0.3) is 0 Å². The molecule has 0 aliphatic carbocycles. The molecule has 0 saturated carbocycles. The smallest absolute Gasteiger partial charge is 0.321 e. The van der Waals surface area contributed by atoms with E-state index in [9.17, 15) is 9.18 Å². The van der Waals surface area contributed by atoms with Gasteiger partial charge in [0, 0.05) is 4.90 Å². The van der Waals surface area contributed by atoms with Gasteiger partial charge >= 0.3 is 5.97 Å². The average Bonchev–Trinajstić information content (AvgIpc) is 2.23. The molecule has 0 amide bonds. The zero-order valence-electron chi connectivity index (χ0n) is 9.92. The first kappa shape index (κ1) is 14.5. The van der Waals surface area contributed by atoms with Crippen molar-refractivity contribution < 1.29 is 13.9 Å². The van der Waals surface area contributed by atoms with E-state index in [-0.39, 0.29) is 11.8 Å². The van der Waals surface area contributed by atoms with Crippen LogP contribution in [0.5, 0.6) is 0 Å². The Balaban J connectivity index is 2.82. The van der Waals surface area contributed by atoms with Gasteiger partial charge in [-0.15, -0.1) is 11.8 Å². The summed E-state index contributed by atoms with van der Waals surface area (Å²) >= 11 is 4.46. The Bertz CT molecular complexity index is 421. The van der Waals surface area contributed by atoms with Gasteiger partial charge in [0.15, 0.2) is 0 Å². The van der Waals surface area contributed by atoms with Crippen molar-refractivity contribution in [1.82, 2.24) is 0 Å². The predicted molar refractivity (Wildman–Crippen MR) is 70.7 cm³/mol. The summed E-state index contributed by atoms with van der Waals surface area (Å²) < 4.78 is 17.8. The molecule has 0 bridgehead atoms. The van der Waals surface area contributed by atoms with E-state index in [2.05, 4.69) is 15.9 Å². The SMILES string of the molecule is CCOC(=O)C(C)(C)Sc1ccc(F)c(Br)c1. The van der Waals surface area contributed by atoms with Gasteiger partial charge in [-0.3, -0.25) is 4.79 Å². The highest BCUT2D eigenvalue weighted by Gasteiger charge is 2.30. The summed E-state index contributed by atoms with van der Waals surface area (Å²) in [4.78, 5) is 12.5. The third kappa shape index (κ3) is 4.00. The van der Waals surface area contributed by atoms with Crippen LogP contribution in [0.25, 0.3) is 0 Å². The Labute approximate surface area is 113 Å². The summed E-state index contributed by atoms with van der Waals surface area (Å²) in [7, 11) is 0. The summed E-state index contributed by atoms with van der Waals surface area (Å²) in [6.45, 7) is 5.70. The second kappa shape index (κ2) is 5.87. The minimum Gasteiger partial charge on any atom is -0.465 e. The topological polar surface area (TPSA) is 26.3 Å². The molecule has 0 aliphatic heterocycles. The van der Waals surface area contributed by atoms with Crippen LogP contribution in [0.4, 0.5) is 4.39 Å². The highest BCUT2D eigenvalue weighted by Crippen LogP contribution is 2.35. The zero-order chi connectivity index (χ0) is 13.1. The second-order valence-electron chi connectivity index (χ2n) is 3.91. The second-order valence-corrected chi connectivity index (χ2v) is 6.46. The first-order chi connectivity index (χ1) is 7.86. The van der Waals surface area contributed by atoms with Crippen molar-refractivity contribution in [2.45, 2.75) is 30.4 Å². The molecular formula is C12H14BrFO2S. The van der Waals surface area contributed by atoms with Crippen LogP contribution < -0.4 is 0 Å². The van der Waals surface area contributed by atoms with Gasteiger partial charge in [-0.05, 0) is 54.9 Å². The molecule has 0 fully saturated rings. The molecule has 2 nitrogen and oxygen atoms in total. The molecule has 0 atom stereocenters. The van der Waals surface area contributed by atoms with E-state index in [0.29, 0.717) is 11.1 Å². The Morgan fingerprint density at radius 3 is 2.71 bits per heavy atom. The molecular weight excluding hydrogens is 307 g/mol. The number of ether oxygens (including phenoxy) is 1. The summed E-state index contributed by atoms with van der Waals surface area (Å²) in [6, 6.07) is 4.67. The van der Waals surface area contributed by atoms with Crippen LogP contribution in [-0.4, -0.2) is 17.3 Å². The molecule has 1 aromatic carbocycles. The molecule has 0 unspecified atom stereocenters. The number of rotatable bonds is 4. The Morgan fingerprint density at radius 2 is 2.18 bits per heavy atom. The fourth-order valence-electron chi connectivity index (χ4n) is 1.18. The maximum Gasteiger partial charge on any atom is 0.321 e. The molecule has 1 aromatic rings. The fraction of sp³-hybridized carbons (Fsp3) is 0.417. The minimum atomic E-state index is -0.687. The van der Waals surface area contributed by atoms with E-state index in [1.54, 1.807) is 32.9 Å². The van der Waals surface area contributed by atoms with Crippen molar-refractivity contribution in [3.63, 3.8) is 0 Å². The van der Waals surface area contributed by atoms with E-state index in [1.807, 2.05) is 0 Å². The molecule has 1 rings (SSSR count). The first-order valence-corrected chi connectivity index (χ1v) is 6.79. The quantitative estimate of drug-likeness (QED) is 0.619. The standard InChI is InChI=1S/C12H14BrFO2S/c1-4-16-11(15)12(2,3)17-8-5-6-10(14)9(13)7-8/h5-7H,4H2,1-3H3. The molecule has 17 heavy (non-hydrogen) atoms. The molecule has 0 aliphatic rings. The van der Waals surface area contributed by atoms with Gasteiger partial charge in [-0.1, -0.05) is 0 Å². The van der Waals surface area contributed by atoms with E-state index in [4.69, 9.17) is 4.74 Å². The van der Waals surface area contributed by atoms with Crippen molar-refractivity contribution in [2.75, 3.05) is 6.61 Å². The predicted octanol–water partition coefficient (Wildman–Crippen LogP) is 4.02. The lowest BCUT2D eigenvalue weighted by molar-refractivity contribution is -0.145. The van der Waals surface area contributed by atoms with Crippen LogP contribution >= 0.6 is 27.7 Å². The Kier molecular flexibility index (Phi) is 5.01. The third-order valence-corrected chi connectivity index (χ3v) is 3.81. The lowest BCUT2D eigenvalue weighted by Crippen LogP contribution is -2.29. The number of hydrogen-bond donors (Lipinski definition) is 0. The van der Waals surface area contributed by atoms with Crippen LogP contribution in [0.3, 0.4) is 0 Å². The molecule has 0 aromatic heterocycles. The van der Waals surface area contributed by atoms with Gasteiger partial charge in [0.05, 0.1) is 11.1 Å². The first-order valence-electron chi connectivity index (χ1n) is 5.18. The van der Waals surface area contributed by atoms with Gasteiger partial charge in [-0.25, -0.2) is 4.39 Å². The van der Waals surface area contributed by atoms with Crippen LogP contribution in [0.15, 0.2) is 27.6 Å². The van der Waals surface area contributed by atoms with Gasteiger partial charge in [-0.2, -0.15) is 0 Å². The van der Waals surface area contributed by atoms with E-state index in [0.717, 1.165) is 4.90 Å². The number of halogens is 2. The minimum absolute atomic E-state index is 0.273. The zero-order valence-corrected chi connectivity index (χ0v) is 12.3. The number of thioether (sulfide) groups is 1.